The molecule has 0 unspecified atom stereocenters. The highest BCUT2D eigenvalue weighted by atomic mass is 35.5. The molecule has 2 aromatic carbocycles. The molecule has 1 aliphatic rings. The molecule has 0 spiro atoms. The van der Waals surface area contributed by atoms with E-state index in [4.69, 9.17) is 21.1 Å². The maximum atomic E-state index is 12.0. The lowest BCUT2D eigenvalue weighted by molar-refractivity contribution is -0.139. The minimum atomic E-state index is -0.880. The largest absolute Gasteiger partial charge is 0.482 e. The summed E-state index contributed by atoms with van der Waals surface area (Å²) < 4.78 is 10.8. The van der Waals surface area contributed by atoms with Crippen LogP contribution in [0.25, 0.3) is 0 Å². The number of hydrogen-bond donors (Lipinski definition) is 3. The maximum Gasteiger partial charge on any atom is 0.329 e. The van der Waals surface area contributed by atoms with E-state index in [1.807, 2.05) is 18.2 Å². The molecule has 32 heavy (non-hydrogen) atoms. The summed E-state index contributed by atoms with van der Waals surface area (Å²) in [6.07, 6.45) is 3.09. The molecule has 1 atom stereocenters. The lowest BCUT2D eigenvalue weighted by Gasteiger charge is -2.10. The molecule has 3 N–H and O–H groups in total. The first-order valence-electron chi connectivity index (χ1n) is 10.0. The van der Waals surface area contributed by atoms with Crippen LogP contribution in [-0.2, 0) is 19.1 Å². The van der Waals surface area contributed by atoms with Gasteiger partial charge in [-0.25, -0.2) is 5.43 Å². The van der Waals surface area contributed by atoms with E-state index in [-0.39, 0.29) is 30.2 Å². The van der Waals surface area contributed by atoms with Crippen molar-refractivity contribution in [2.75, 3.05) is 25.1 Å². The third-order valence-corrected chi connectivity index (χ3v) is 4.77. The molecule has 3 rings (SSSR count). The highest BCUT2D eigenvalue weighted by Gasteiger charge is 2.19. The smallest absolute Gasteiger partial charge is 0.329 e. The summed E-state index contributed by atoms with van der Waals surface area (Å²) in [5.41, 5.74) is 3.39. The first-order chi connectivity index (χ1) is 15.5. The first kappa shape index (κ1) is 23.2. The second-order valence-electron chi connectivity index (χ2n) is 6.94. The van der Waals surface area contributed by atoms with Gasteiger partial charge < -0.3 is 20.1 Å². The van der Waals surface area contributed by atoms with E-state index in [0.29, 0.717) is 23.6 Å². The van der Waals surface area contributed by atoms with Crippen molar-refractivity contribution < 1.29 is 23.9 Å². The summed E-state index contributed by atoms with van der Waals surface area (Å²) in [4.78, 5) is 35.5. The normalized spacial score (nSPS) is 15.3. The predicted octanol–water partition coefficient (Wildman–Crippen LogP) is 2.10. The van der Waals surface area contributed by atoms with Gasteiger partial charge >= 0.3 is 11.8 Å². The Labute approximate surface area is 190 Å². The summed E-state index contributed by atoms with van der Waals surface area (Å²) in [5, 5.41) is 9.23. The van der Waals surface area contributed by atoms with Gasteiger partial charge in [0, 0.05) is 18.8 Å². The van der Waals surface area contributed by atoms with Crippen LogP contribution >= 0.6 is 11.6 Å². The monoisotopic (exact) mass is 458 g/mol. The summed E-state index contributed by atoms with van der Waals surface area (Å²) >= 11 is 6.19. The third-order valence-electron chi connectivity index (χ3n) is 4.47. The molecule has 2 aromatic rings. The van der Waals surface area contributed by atoms with E-state index in [0.717, 1.165) is 12.8 Å². The van der Waals surface area contributed by atoms with Gasteiger partial charge in [0.05, 0.1) is 17.3 Å². The lowest BCUT2D eigenvalue weighted by atomic mass is 10.2. The Morgan fingerprint density at radius 3 is 2.69 bits per heavy atom. The number of amides is 3. The highest BCUT2D eigenvalue weighted by Crippen LogP contribution is 2.25. The van der Waals surface area contributed by atoms with Crippen molar-refractivity contribution >= 4 is 41.2 Å². The average Bonchev–Trinajstić information content (AvgIpc) is 3.31. The van der Waals surface area contributed by atoms with Crippen LogP contribution in [0, 0.1) is 0 Å². The number of para-hydroxylation sites is 1. The second-order valence-corrected chi connectivity index (χ2v) is 7.34. The zero-order valence-corrected chi connectivity index (χ0v) is 17.9. The molecule has 0 radical (unpaired) electrons. The van der Waals surface area contributed by atoms with Crippen molar-refractivity contribution in [3.8, 4) is 5.75 Å². The molecule has 1 saturated heterocycles. The molecule has 1 aliphatic heterocycles. The molecule has 9 nitrogen and oxygen atoms in total. The number of carbonyl (C=O) groups excluding carboxylic acids is 3. The molecule has 0 saturated carbocycles. The Morgan fingerprint density at radius 2 is 1.97 bits per heavy atom. The van der Waals surface area contributed by atoms with Gasteiger partial charge in [-0.1, -0.05) is 29.8 Å². The molecular formula is C22H23ClN4O5. The van der Waals surface area contributed by atoms with E-state index in [9.17, 15) is 14.4 Å². The number of halogens is 1. The summed E-state index contributed by atoms with van der Waals surface area (Å²) in [7, 11) is 0. The molecule has 10 heteroatoms. The Bertz CT molecular complexity index is 978. The van der Waals surface area contributed by atoms with Crippen molar-refractivity contribution in [2.45, 2.75) is 18.9 Å². The number of rotatable bonds is 8. The van der Waals surface area contributed by atoms with Gasteiger partial charge in [0.1, 0.15) is 5.75 Å². The van der Waals surface area contributed by atoms with Gasteiger partial charge in [-0.05, 0) is 48.7 Å². The molecule has 0 aromatic heterocycles. The van der Waals surface area contributed by atoms with Gasteiger partial charge in [0.25, 0.3) is 5.91 Å². The van der Waals surface area contributed by atoms with E-state index < -0.39 is 11.8 Å². The number of nitrogens with one attached hydrogen (secondary N) is 3. The standard InChI is InChI=1S/C22H23ClN4O5/c23-18-11-15(12-25-27-22(30)21(29)24-13-17-7-4-10-31-17)8-9-19(18)32-14-20(28)26-16-5-2-1-3-6-16/h1-3,5-6,8-9,11-12,17H,4,7,10,13-14H2,(H,24,29)(H,26,28)(H,27,30)/b25-12-/t17-/m1/s1. The molecule has 0 aliphatic carbocycles. The SMILES string of the molecule is O=C(COc1ccc(/C=N\NC(=O)C(=O)NC[C@H]2CCCO2)cc1Cl)Nc1ccccc1. The van der Waals surface area contributed by atoms with Gasteiger partial charge in [-0.15, -0.1) is 0 Å². The lowest BCUT2D eigenvalue weighted by Crippen LogP contribution is -2.41. The fourth-order valence-corrected chi connectivity index (χ4v) is 3.13. The van der Waals surface area contributed by atoms with E-state index in [1.54, 1.807) is 30.3 Å². The number of anilines is 1. The maximum absolute atomic E-state index is 12.0. The Hall–Kier alpha value is -3.43. The number of nitrogens with zero attached hydrogens (tertiary/aromatic N) is 1. The summed E-state index contributed by atoms with van der Waals surface area (Å²) in [6.45, 7) is 0.750. The number of hydrazone groups is 1. The van der Waals surface area contributed by atoms with Gasteiger partial charge in [-0.2, -0.15) is 5.10 Å². The zero-order valence-electron chi connectivity index (χ0n) is 17.2. The zero-order chi connectivity index (χ0) is 22.8. The third kappa shape index (κ3) is 7.36. The van der Waals surface area contributed by atoms with Crippen LogP contribution in [0.4, 0.5) is 5.69 Å². The Morgan fingerprint density at radius 1 is 1.16 bits per heavy atom. The topological polar surface area (TPSA) is 118 Å². The van der Waals surface area contributed by atoms with Crippen LogP contribution in [-0.4, -0.2) is 49.8 Å². The van der Waals surface area contributed by atoms with Crippen molar-refractivity contribution in [1.29, 1.82) is 0 Å². The van der Waals surface area contributed by atoms with Crippen LogP contribution in [0.15, 0.2) is 53.6 Å². The first-order valence-corrected chi connectivity index (χ1v) is 10.4. The van der Waals surface area contributed by atoms with Crippen LogP contribution in [0.1, 0.15) is 18.4 Å². The van der Waals surface area contributed by atoms with Crippen molar-refractivity contribution in [2.24, 2.45) is 5.10 Å². The van der Waals surface area contributed by atoms with Gasteiger partial charge in [-0.3, -0.25) is 14.4 Å². The second kappa shape index (κ2) is 11.8. The van der Waals surface area contributed by atoms with E-state index >= 15 is 0 Å². The number of ether oxygens (including phenoxy) is 2. The minimum absolute atomic E-state index is 0.0532. The van der Waals surface area contributed by atoms with Crippen molar-refractivity contribution in [1.82, 2.24) is 10.7 Å². The van der Waals surface area contributed by atoms with Crippen LogP contribution < -0.4 is 20.8 Å². The Kier molecular flexibility index (Phi) is 8.59. The van der Waals surface area contributed by atoms with Crippen molar-refractivity contribution in [3.05, 3.63) is 59.1 Å². The predicted molar refractivity (Wildman–Crippen MR) is 120 cm³/mol. The summed E-state index contributed by atoms with van der Waals surface area (Å²) in [6, 6.07) is 13.8. The van der Waals surface area contributed by atoms with Gasteiger partial charge in [0.2, 0.25) is 0 Å². The number of hydrogen-bond acceptors (Lipinski definition) is 6. The fourth-order valence-electron chi connectivity index (χ4n) is 2.88. The molecular weight excluding hydrogens is 436 g/mol. The van der Waals surface area contributed by atoms with Crippen LogP contribution in [0.5, 0.6) is 5.75 Å². The quantitative estimate of drug-likeness (QED) is 0.318. The molecule has 3 amide bonds. The minimum Gasteiger partial charge on any atom is -0.482 e. The van der Waals surface area contributed by atoms with Gasteiger partial charge in [0.15, 0.2) is 6.61 Å². The van der Waals surface area contributed by atoms with Crippen LogP contribution in [0.3, 0.4) is 0 Å². The summed E-state index contributed by atoms with van der Waals surface area (Å²) in [5.74, 6) is -1.66. The highest BCUT2D eigenvalue weighted by molar-refractivity contribution is 6.35. The van der Waals surface area contributed by atoms with E-state index in [1.165, 1.54) is 6.21 Å². The van der Waals surface area contributed by atoms with E-state index in [2.05, 4.69) is 21.2 Å². The number of benzene rings is 2. The average molecular weight is 459 g/mol. The molecule has 168 valence electrons. The fraction of sp³-hybridized carbons (Fsp3) is 0.273. The molecule has 1 heterocycles. The van der Waals surface area contributed by atoms with Crippen LogP contribution in [0.2, 0.25) is 5.02 Å². The van der Waals surface area contributed by atoms with Crippen molar-refractivity contribution in [3.63, 3.8) is 0 Å². The molecule has 1 fully saturated rings. The number of carbonyl (C=O) groups is 3. The Balaban J connectivity index is 1.42. The molecule has 0 bridgehead atoms.